The van der Waals surface area contributed by atoms with Crippen LogP contribution in [0.3, 0.4) is 0 Å². The van der Waals surface area contributed by atoms with Crippen LogP contribution in [0.1, 0.15) is 5.69 Å². The number of nitro benzene ring substituents is 1. The van der Waals surface area contributed by atoms with Gasteiger partial charge in [0.25, 0.3) is 5.69 Å². The smallest absolute Gasteiger partial charge is 0.273 e. The molecule has 1 amide bonds. The van der Waals surface area contributed by atoms with Gasteiger partial charge in [-0.2, -0.15) is 5.10 Å². The van der Waals surface area contributed by atoms with E-state index in [1.54, 1.807) is 6.92 Å². The van der Waals surface area contributed by atoms with Crippen LogP contribution in [0.2, 0.25) is 5.02 Å². The third kappa shape index (κ3) is 3.34. The molecule has 1 aromatic carbocycles. The standard InChI is InChI=1S/C13H13ClN4O4/c1-8-10(14)6-15-17(8)7-13(19)16-11-4-3-9(18(20)21)5-12(11)22-2/h3-6H,7H2,1-2H3,(H,16,19). The largest absolute Gasteiger partial charge is 0.494 e. The van der Waals surface area contributed by atoms with E-state index in [0.717, 1.165) is 0 Å². The minimum absolute atomic E-state index is 0.0291. The molecular weight excluding hydrogens is 312 g/mol. The third-order valence-corrected chi connectivity index (χ3v) is 3.38. The molecule has 1 N–H and O–H groups in total. The fraction of sp³-hybridized carbons (Fsp3) is 0.231. The molecule has 22 heavy (non-hydrogen) atoms. The molecule has 0 saturated heterocycles. The van der Waals surface area contributed by atoms with Gasteiger partial charge in [0.1, 0.15) is 12.3 Å². The number of halogens is 1. The van der Waals surface area contributed by atoms with Gasteiger partial charge in [0, 0.05) is 6.07 Å². The summed E-state index contributed by atoms with van der Waals surface area (Å²) in [7, 11) is 1.37. The van der Waals surface area contributed by atoms with Gasteiger partial charge in [0.15, 0.2) is 0 Å². The molecule has 2 aromatic rings. The Morgan fingerprint density at radius 3 is 2.82 bits per heavy atom. The topological polar surface area (TPSA) is 99.3 Å². The van der Waals surface area contributed by atoms with Crippen LogP contribution >= 0.6 is 11.6 Å². The van der Waals surface area contributed by atoms with E-state index >= 15 is 0 Å². The molecule has 0 fully saturated rings. The van der Waals surface area contributed by atoms with Crippen LogP contribution in [0.5, 0.6) is 5.75 Å². The summed E-state index contributed by atoms with van der Waals surface area (Å²) in [4.78, 5) is 22.2. The summed E-state index contributed by atoms with van der Waals surface area (Å²) in [5.41, 5.74) is 0.894. The molecule has 0 saturated carbocycles. The van der Waals surface area contributed by atoms with E-state index in [1.165, 1.54) is 36.2 Å². The van der Waals surface area contributed by atoms with Gasteiger partial charge in [0.2, 0.25) is 5.91 Å². The fourth-order valence-corrected chi connectivity index (χ4v) is 1.95. The molecule has 9 heteroatoms. The Morgan fingerprint density at radius 2 is 2.27 bits per heavy atom. The first-order valence-electron chi connectivity index (χ1n) is 6.22. The van der Waals surface area contributed by atoms with Crippen LogP contribution in [-0.4, -0.2) is 27.7 Å². The van der Waals surface area contributed by atoms with Gasteiger partial charge in [-0.3, -0.25) is 19.6 Å². The fourth-order valence-electron chi connectivity index (χ4n) is 1.81. The van der Waals surface area contributed by atoms with Crippen molar-refractivity contribution in [2.45, 2.75) is 13.5 Å². The summed E-state index contributed by atoms with van der Waals surface area (Å²) < 4.78 is 6.51. The number of nitrogens with zero attached hydrogens (tertiary/aromatic N) is 3. The minimum atomic E-state index is -0.538. The second-order valence-corrected chi connectivity index (χ2v) is 4.83. The summed E-state index contributed by atoms with van der Waals surface area (Å²) in [5.74, 6) is -0.146. The summed E-state index contributed by atoms with van der Waals surface area (Å²) in [6.07, 6.45) is 1.45. The number of nitro groups is 1. The molecule has 0 unspecified atom stereocenters. The van der Waals surface area contributed by atoms with Gasteiger partial charge in [-0.25, -0.2) is 0 Å². The van der Waals surface area contributed by atoms with Crippen molar-refractivity contribution in [3.05, 3.63) is 45.2 Å². The number of non-ortho nitro benzene ring substituents is 1. The quantitative estimate of drug-likeness (QED) is 0.672. The van der Waals surface area contributed by atoms with E-state index < -0.39 is 4.92 Å². The zero-order valence-electron chi connectivity index (χ0n) is 11.9. The van der Waals surface area contributed by atoms with Crippen molar-refractivity contribution in [2.75, 3.05) is 12.4 Å². The highest BCUT2D eigenvalue weighted by atomic mass is 35.5. The van der Waals surface area contributed by atoms with Gasteiger partial charge >= 0.3 is 0 Å². The Hall–Kier alpha value is -2.61. The lowest BCUT2D eigenvalue weighted by Crippen LogP contribution is -2.20. The zero-order chi connectivity index (χ0) is 16.3. The Balaban J connectivity index is 2.14. The van der Waals surface area contributed by atoms with E-state index in [-0.39, 0.29) is 23.9 Å². The zero-order valence-corrected chi connectivity index (χ0v) is 12.6. The number of rotatable bonds is 5. The van der Waals surface area contributed by atoms with Crippen molar-refractivity contribution < 1.29 is 14.5 Å². The number of anilines is 1. The summed E-state index contributed by atoms with van der Waals surface area (Å²) in [5, 5.41) is 17.8. The number of hydrogen-bond donors (Lipinski definition) is 1. The lowest BCUT2D eigenvalue weighted by molar-refractivity contribution is -0.384. The van der Waals surface area contributed by atoms with Crippen LogP contribution in [0.15, 0.2) is 24.4 Å². The Labute approximate surface area is 130 Å². The molecule has 116 valence electrons. The number of carbonyl (C=O) groups excluding carboxylic acids is 1. The monoisotopic (exact) mass is 324 g/mol. The minimum Gasteiger partial charge on any atom is -0.494 e. The normalized spacial score (nSPS) is 10.3. The van der Waals surface area contributed by atoms with Crippen LogP contribution < -0.4 is 10.1 Å². The van der Waals surface area contributed by atoms with Gasteiger partial charge in [-0.15, -0.1) is 0 Å². The molecule has 0 bridgehead atoms. The Bertz CT molecular complexity index is 729. The third-order valence-electron chi connectivity index (χ3n) is 3.01. The Morgan fingerprint density at radius 1 is 1.55 bits per heavy atom. The molecular formula is C13H13ClN4O4. The molecule has 0 aliphatic rings. The number of benzene rings is 1. The molecule has 0 radical (unpaired) electrons. The van der Waals surface area contributed by atoms with Crippen molar-refractivity contribution in [2.24, 2.45) is 0 Å². The number of aromatic nitrogens is 2. The molecule has 2 rings (SSSR count). The van der Waals surface area contributed by atoms with Gasteiger partial charge < -0.3 is 10.1 Å². The van der Waals surface area contributed by atoms with Gasteiger partial charge in [-0.05, 0) is 13.0 Å². The highest BCUT2D eigenvalue weighted by molar-refractivity contribution is 6.31. The number of ether oxygens (including phenoxy) is 1. The van der Waals surface area contributed by atoms with E-state index in [9.17, 15) is 14.9 Å². The van der Waals surface area contributed by atoms with E-state index in [1.807, 2.05) is 0 Å². The summed E-state index contributed by atoms with van der Waals surface area (Å²) in [6, 6.07) is 3.94. The second-order valence-electron chi connectivity index (χ2n) is 4.43. The molecule has 0 atom stereocenters. The van der Waals surface area contributed by atoms with E-state index in [0.29, 0.717) is 16.4 Å². The molecule has 0 aliphatic carbocycles. The molecule has 8 nitrogen and oxygen atoms in total. The second kappa shape index (κ2) is 6.44. The number of carbonyl (C=O) groups is 1. The number of methoxy groups -OCH3 is 1. The Kier molecular flexibility index (Phi) is 4.62. The van der Waals surface area contributed by atoms with E-state index in [4.69, 9.17) is 16.3 Å². The van der Waals surface area contributed by atoms with Gasteiger partial charge in [-0.1, -0.05) is 11.6 Å². The SMILES string of the molecule is COc1cc([N+](=O)[O-])ccc1NC(=O)Cn1ncc(Cl)c1C. The maximum atomic E-state index is 12.0. The maximum Gasteiger partial charge on any atom is 0.273 e. The maximum absolute atomic E-state index is 12.0. The first kappa shape index (κ1) is 15.8. The highest BCUT2D eigenvalue weighted by Crippen LogP contribution is 2.29. The molecule has 1 aromatic heterocycles. The van der Waals surface area contributed by atoms with Crippen LogP contribution in [0.25, 0.3) is 0 Å². The summed E-state index contributed by atoms with van der Waals surface area (Å²) >= 11 is 5.87. The van der Waals surface area contributed by atoms with Crippen molar-refractivity contribution >= 4 is 28.9 Å². The van der Waals surface area contributed by atoms with Crippen LogP contribution in [0, 0.1) is 17.0 Å². The lowest BCUT2D eigenvalue weighted by Gasteiger charge is -2.10. The van der Waals surface area contributed by atoms with Crippen molar-refractivity contribution in [1.82, 2.24) is 9.78 Å². The van der Waals surface area contributed by atoms with Crippen molar-refractivity contribution in [1.29, 1.82) is 0 Å². The number of amides is 1. The number of hydrogen-bond acceptors (Lipinski definition) is 5. The predicted molar refractivity (Wildman–Crippen MR) is 80.3 cm³/mol. The first-order chi connectivity index (χ1) is 10.4. The van der Waals surface area contributed by atoms with Crippen LogP contribution in [0.4, 0.5) is 11.4 Å². The lowest BCUT2D eigenvalue weighted by atomic mass is 10.2. The molecule has 0 aliphatic heterocycles. The number of nitrogens with one attached hydrogen (secondary N) is 1. The summed E-state index contributed by atoms with van der Waals surface area (Å²) in [6.45, 7) is 1.72. The van der Waals surface area contributed by atoms with Crippen molar-refractivity contribution in [3.8, 4) is 5.75 Å². The van der Waals surface area contributed by atoms with E-state index in [2.05, 4.69) is 10.4 Å². The molecule has 1 heterocycles. The predicted octanol–water partition coefficient (Wildman–Crippen LogP) is 2.40. The van der Waals surface area contributed by atoms with Crippen molar-refractivity contribution in [3.63, 3.8) is 0 Å². The average molecular weight is 325 g/mol. The molecule has 0 spiro atoms. The van der Waals surface area contributed by atoms with Gasteiger partial charge in [0.05, 0.1) is 40.7 Å². The van der Waals surface area contributed by atoms with Crippen LogP contribution in [-0.2, 0) is 11.3 Å². The average Bonchev–Trinajstić information content (AvgIpc) is 2.79. The highest BCUT2D eigenvalue weighted by Gasteiger charge is 2.14. The first-order valence-corrected chi connectivity index (χ1v) is 6.60.